The number of amides is 1. The van der Waals surface area contributed by atoms with Gasteiger partial charge in [0.1, 0.15) is 5.75 Å². The minimum atomic E-state index is -0.912. The van der Waals surface area contributed by atoms with Crippen LogP contribution in [-0.2, 0) is 16.0 Å². The molecule has 0 spiro atoms. The van der Waals surface area contributed by atoms with Crippen molar-refractivity contribution in [2.75, 3.05) is 5.32 Å². The number of benzene rings is 1. The molecule has 0 aromatic heterocycles. The van der Waals surface area contributed by atoms with E-state index >= 15 is 0 Å². The Balaban J connectivity index is 2.42. The topological polar surface area (TPSA) is 75.6 Å². The van der Waals surface area contributed by atoms with Crippen molar-refractivity contribution in [1.82, 2.24) is 0 Å². The third-order valence-corrected chi connectivity index (χ3v) is 3.65. The van der Waals surface area contributed by atoms with Crippen LogP contribution >= 0.6 is 22.6 Å². The van der Waals surface area contributed by atoms with Crippen LogP contribution in [0.25, 0.3) is 0 Å². The van der Waals surface area contributed by atoms with Gasteiger partial charge in [-0.05, 0) is 54.1 Å². The second-order valence-corrected chi connectivity index (χ2v) is 5.74. The zero-order valence-electron chi connectivity index (χ0n) is 9.91. The number of carbonyl (C=O) groups excluding carboxylic acids is 1. The smallest absolute Gasteiger partial charge is 0.307 e. The van der Waals surface area contributed by atoms with Crippen LogP contribution in [-0.4, -0.2) is 22.6 Å². The average molecular weight is 361 g/mol. The molecule has 0 saturated carbocycles. The number of carboxylic acid groups (broad SMARTS) is 1. The van der Waals surface area contributed by atoms with Crippen molar-refractivity contribution >= 4 is 40.2 Å². The van der Waals surface area contributed by atoms with E-state index in [9.17, 15) is 9.59 Å². The van der Waals surface area contributed by atoms with Crippen LogP contribution in [0.1, 0.15) is 19.4 Å². The van der Waals surface area contributed by atoms with Crippen LogP contribution in [0.2, 0.25) is 0 Å². The molecule has 0 radical (unpaired) electrons. The largest absolute Gasteiger partial charge is 0.481 e. The monoisotopic (exact) mass is 361 g/mol. The summed E-state index contributed by atoms with van der Waals surface area (Å²) < 4.78 is 6.41. The molecule has 2 rings (SSSR count). The van der Waals surface area contributed by atoms with Gasteiger partial charge < -0.3 is 15.2 Å². The lowest BCUT2D eigenvalue weighted by atomic mass is 10.0. The Labute approximate surface area is 118 Å². The fraction of sp³-hybridized carbons (Fsp3) is 0.333. The van der Waals surface area contributed by atoms with Gasteiger partial charge >= 0.3 is 5.97 Å². The normalized spacial score (nSPS) is 16.5. The predicted molar refractivity (Wildman–Crippen MR) is 73.8 cm³/mol. The lowest BCUT2D eigenvalue weighted by molar-refractivity contribution is -0.136. The van der Waals surface area contributed by atoms with Gasteiger partial charge in [0.15, 0.2) is 5.60 Å². The number of rotatable bonds is 2. The van der Waals surface area contributed by atoms with Crippen molar-refractivity contribution in [3.63, 3.8) is 0 Å². The minimum absolute atomic E-state index is 0.0786. The van der Waals surface area contributed by atoms with Crippen molar-refractivity contribution < 1.29 is 19.4 Å². The first-order valence-electron chi connectivity index (χ1n) is 5.34. The Morgan fingerprint density at radius 2 is 2.17 bits per heavy atom. The molecule has 1 aliphatic rings. The highest BCUT2D eigenvalue weighted by molar-refractivity contribution is 14.1. The van der Waals surface area contributed by atoms with Gasteiger partial charge in [-0.15, -0.1) is 0 Å². The second-order valence-electron chi connectivity index (χ2n) is 4.58. The Hall–Kier alpha value is -1.31. The summed E-state index contributed by atoms with van der Waals surface area (Å²) in [7, 11) is 0. The maximum absolute atomic E-state index is 11.7. The summed E-state index contributed by atoms with van der Waals surface area (Å²) in [5.74, 6) is -0.577. The Morgan fingerprint density at radius 1 is 1.50 bits per heavy atom. The molecule has 18 heavy (non-hydrogen) atoms. The molecule has 5 nitrogen and oxygen atoms in total. The van der Waals surface area contributed by atoms with E-state index in [0.29, 0.717) is 17.0 Å². The van der Waals surface area contributed by atoms with Crippen LogP contribution in [0.3, 0.4) is 0 Å². The highest BCUT2D eigenvalue weighted by Crippen LogP contribution is 2.36. The molecular weight excluding hydrogens is 349 g/mol. The molecule has 0 atom stereocenters. The molecular formula is C12H12INO4. The summed E-state index contributed by atoms with van der Waals surface area (Å²) in [4.78, 5) is 22.5. The molecule has 0 unspecified atom stereocenters. The zero-order chi connectivity index (χ0) is 13.5. The van der Waals surface area contributed by atoms with E-state index in [-0.39, 0.29) is 12.3 Å². The van der Waals surface area contributed by atoms with Crippen LogP contribution in [0.4, 0.5) is 5.69 Å². The number of fused-ring (bicyclic) bond motifs is 1. The lowest BCUT2D eigenvalue weighted by Crippen LogP contribution is -2.45. The quantitative estimate of drug-likeness (QED) is 0.791. The molecule has 1 amide bonds. The Bertz CT molecular complexity index is 539. The molecule has 6 heteroatoms. The number of halogens is 1. The first-order chi connectivity index (χ1) is 8.29. The molecule has 0 fully saturated rings. The van der Waals surface area contributed by atoms with Crippen LogP contribution in [0.15, 0.2) is 12.1 Å². The van der Waals surface area contributed by atoms with Crippen LogP contribution in [0, 0.1) is 3.57 Å². The number of carboxylic acids is 1. The zero-order valence-corrected chi connectivity index (χ0v) is 12.1. The fourth-order valence-electron chi connectivity index (χ4n) is 1.67. The van der Waals surface area contributed by atoms with Gasteiger partial charge in [-0.1, -0.05) is 0 Å². The number of nitrogens with one attached hydrogen (secondary N) is 1. The van der Waals surface area contributed by atoms with Crippen LogP contribution < -0.4 is 10.1 Å². The van der Waals surface area contributed by atoms with E-state index in [4.69, 9.17) is 9.84 Å². The van der Waals surface area contributed by atoms with E-state index in [1.807, 2.05) is 0 Å². The Morgan fingerprint density at radius 3 is 2.78 bits per heavy atom. The fourth-order valence-corrected chi connectivity index (χ4v) is 2.30. The van der Waals surface area contributed by atoms with Crippen molar-refractivity contribution in [2.24, 2.45) is 0 Å². The minimum Gasteiger partial charge on any atom is -0.481 e. The molecule has 1 aliphatic heterocycles. The predicted octanol–water partition coefficient (Wildman–Crippen LogP) is 2.03. The number of ether oxygens (including phenoxy) is 1. The van der Waals surface area contributed by atoms with Gasteiger partial charge in [0.2, 0.25) is 0 Å². The molecule has 2 N–H and O–H groups in total. The van der Waals surface area contributed by atoms with Crippen molar-refractivity contribution in [3.05, 3.63) is 21.3 Å². The number of anilines is 1. The molecule has 1 aromatic rings. The Kier molecular flexibility index (Phi) is 3.22. The molecule has 0 saturated heterocycles. The highest BCUT2D eigenvalue weighted by Gasteiger charge is 2.35. The summed E-state index contributed by atoms with van der Waals surface area (Å²) >= 11 is 2.06. The van der Waals surface area contributed by atoms with Crippen molar-refractivity contribution in [1.29, 1.82) is 0 Å². The maximum atomic E-state index is 11.7. The molecule has 0 aliphatic carbocycles. The summed E-state index contributed by atoms with van der Waals surface area (Å²) in [5, 5.41) is 11.5. The molecule has 1 aromatic carbocycles. The van der Waals surface area contributed by atoms with Crippen LogP contribution in [0.5, 0.6) is 5.75 Å². The number of hydrogen-bond acceptors (Lipinski definition) is 3. The second kappa shape index (κ2) is 4.42. The van der Waals surface area contributed by atoms with Gasteiger partial charge in [-0.2, -0.15) is 0 Å². The highest BCUT2D eigenvalue weighted by atomic mass is 127. The molecule has 1 heterocycles. The van der Waals surface area contributed by atoms with Gasteiger partial charge in [0.05, 0.1) is 12.1 Å². The summed E-state index contributed by atoms with van der Waals surface area (Å²) in [6, 6.07) is 3.40. The maximum Gasteiger partial charge on any atom is 0.307 e. The summed E-state index contributed by atoms with van der Waals surface area (Å²) in [5.41, 5.74) is 0.270. The SMILES string of the molecule is CC1(C)Oc2cc(I)c(CC(=O)O)cc2NC1=O. The lowest BCUT2D eigenvalue weighted by Gasteiger charge is -2.32. The first-order valence-corrected chi connectivity index (χ1v) is 6.42. The van der Waals surface area contributed by atoms with E-state index in [1.165, 1.54) is 0 Å². The third kappa shape index (κ3) is 2.43. The molecule has 96 valence electrons. The van der Waals surface area contributed by atoms with Gasteiger partial charge in [0.25, 0.3) is 5.91 Å². The average Bonchev–Trinajstić information content (AvgIpc) is 2.21. The van der Waals surface area contributed by atoms with Gasteiger partial charge in [0, 0.05) is 3.57 Å². The van der Waals surface area contributed by atoms with E-state index in [0.717, 1.165) is 3.57 Å². The third-order valence-electron chi connectivity index (χ3n) is 2.65. The molecule has 0 bridgehead atoms. The van der Waals surface area contributed by atoms with E-state index in [1.54, 1.807) is 26.0 Å². The van der Waals surface area contributed by atoms with Gasteiger partial charge in [-0.3, -0.25) is 9.59 Å². The van der Waals surface area contributed by atoms with E-state index in [2.05, 4.69) is 27.9 Å². The number of hydrogen-bond donors (Lipinski definition) is 2. The summed E-state index contributed by atoms with van der Waals surface area (Å²) in [6.45, 7) is 3.37. The standard InChI is InChI=1S/C12H12INO4/c1-12(2)11(17)14-8-3-6(4-10(15)16)7(13)5-9(8)18-12/h3,5H,4H2,1-2H3,(H,14,17)(H,15,16). The van der Waals surface area contributed by atoms with E-state index < -0.39 is 11.6 Å². The number of carbonyl (C=O) groups is 2. The summed E-state index contributed by atoms with van der Waals surface area (Å²) in [6.07, 6.45) is -0.0786. The van der Waals surface area contributed by atoms with Crippen molar-refractivity contribution in [3.8, 4) is 5.75 Å². The first kappa shape index (κ1) is 13.1. The number of aliphatic carboxylic acids is 1. The van der Waals surface area contributed by atoms with Gasteiger partial charge in [-0.25, -0.2) is 0 Å². The van der Waals surface area contributed by atoms with Crippen molar-refractivity contribution in [2.45, 2.75) is 25.9 Å².